The normalized spacial score (nSPS) is 11.3. The Morgan fingerprint density at radius 2 is 2.12 bits per heavy atom. The lowest BCUT2D eigenvalue weighted by atomic mass is 10.2. The van der Waals surface area contributed by atoms with Crippen molar-refractivity contribution in [2.24, 2.45) is 0 Å². The quantitative estimate of drug-likeness (QED) is 0.609. The Morgan fingerprint density at radius 3 is 2.53 bits per heavy atom. The Morgan fingerprint density at radius 1 is 1.53 bits per heavy atom. The number of pyridine rings is 1. The van der Waals surface area contributed by atoms with Crippen molar-refractivity contribution in [3.8, 4) is 5.75 Å². The molecular weight excluding hydrogens is 249 g/mol. The van der Waals surface area contributed by atoms with Crippen LogP contribution in [0.3, 0.4) is 0 Å². The van der Waals surface area contributed by atoms with Gasteiger partial charge < -0.3 is 14.8 Å². The van der Waals surface area contributed by atoms with Gasteiger partial charge in [0, 0.05) is 0 Å². The number of aliphatic hydroxyl groups is 1. The molecule has 0 aromatic carbocycles. The van der Waals surface area contributed by atoms with E-state index in [2.05, 4.69) is 4.74 Å². The molecule has 0 bridgehead atoms. The largest absolute Gasteiger partial charge is 0.573 e. The Balaban J connectivity index is 3.44. The van der Waals surface area contributed by atoms with Crippen molar-refractivity contribution in [1.82, 2.24) is 4.98 Å². The monoisotopic (exact) mass is 254 g/mol. The molecule has 2 N–H and O–H groups in total. The summed E-state index contributed by atoms with van der Waals surface area (Å²) >= 11 is 0. The maximum absolute atomic E-state index is 12.0. The number of nitrogens with one attached hydrogen (secondary N) is 1. The maximum atomic E-state index is 12.0. The van der Waals surface area contributed by atoms with Gasteiger partial charge in [-0.15, -0.1) is 13.2 Å². The zero-order valence-electron chi connectivity index (χ0n) is 7.95. The summed E-state index contributed by atoms with van der Waals surface area (Å²) in [6, 6.07) is 0. The smallest absolute Gasteiger partial charge is 0.398 e. The second-order valence-electron chi connectivity index (χ2n) is 2.77. The molecule has 0 unspecified atom stereocenters. The van der Waals surface area contributed by atoms with Crippen molar-refractivity contribution < 1.29 is 27.9 Å². The van der Waals surface area contributed by atoms with E-state index in [0.717, 1.165) is 0 Å². The molecule has 0 aliphatic rings. The van der Waals surface area contributed by atoms with Crippen LogP contribution in [-0.4, -0.2) is 21.4 Å². The topological polar surface area (TPSA) is 105 Å². The summed E-state index contributed by atoms with van der Waals surface area (Å²) in [5.74, 6) is -1.31. The SMILES string of the molecule is O=c1[nH]cc([N+](=O)[O-])c(OC(F)(F)F)c1CO. The van der Waals surface area contributed by atoms with Gasteiger partial charge in [0.1, 0.15) is 0 Å². The van der Waals surface area contributed by atoms with E-state index in [1.807, 2.05) is 4.98 Å². The van der Waals surface area contributed by atoms with Gasteiger partial charge in [-0.2, -0.15) is 0 Å². The lowest BCUT2D eigenvalue weighted by Gasteiger charge is -2.11. The first-order valence-electron chi connectivity index (χ1n) is 4.02. The average molecular weight is 254 g/mol. The second kappa shape index (κ2) is 4.41. The molecule has 0 saturated heterocycles. The third-order valence-electron chi connectivity index (χ3n) is 1.69. The molecule has 10 heteroatoms. The van der Waals surface area contributed by atoms with E-state index in [0.29, 0.717) is 6.20 Å². The zero-order valence-corrected chi connectivity index (χ0v) is 7.95. The van der Waals surface area contributed by atoms with Crippen LogP contribution in [0.15, 0.2) is 11.0 Å². The number of rotatable bonds is 3. The van der Waals surface area contributed by atoms with Gasteiger partial charge in [0.25, 0.3) is 5.56 Å². The van der Waals surface area contributed by atoms with Crippen LogP contribution in [0.25, 0.3) is 0 Å². The lowest BCUT2D eigenvalue weighted by Crippen LogP contribution is -2.23. The van der Waals surface area contributed by atoms with Gasteiger partial charge in [-0.1, -0.05) is 0 Å². The molecule has 0 radical (unpaired) electrons. The fraction of sp³-hybridized carbons (Fsp3) is 0.286. The summed E-state index contributed by atoms with van der Waals surface area (Å²) in [7, 11) is 0. The molecule has 94 valence electrons. The van der Waals surface area contributed by atoms with Crippen LogP contribution in [-0.2, 0) is 6.61 Å². The molecule has 0 aliphatic heterocycles. The fourth-order valence-electron chi connectivity index (χ4n) is 1.05. The van der Waals surface area contributed by atoms with Crippen molar-refractivity contribution in [3.63, 3.8) is 0 Å². The number of nitro groups is 1. The van der Waals surface area contributed by atoms with Gasteiger partial charge in [-0.3, -0.25) is 14.9 Å². The van der Waals surface area contributed by atoms with Crippen LogP contribution in [0.4, 0.5) is 18.9 Å². The van der Waals surface area contributed by atoms with E-state index in [-0.39, 0.29) is 0 Å². The van der Waals surface area contributed by atoms with Gasteiger partial charge in [0.15, 0.2) is 0 Å². The minimum absolute atomic E-state index is 0.461. The number of hydrogen-bond acceptors (Lipinski definition) is 5. The van der Waals surface area contributed by atoms with Gasteiger partial charge in [0.2, 0.25) is 5.75 Å². The highest BCUT2D eigenvalue weighted by molar-refractivity contribution is 5.49. The third-order valence-corrected chi connectivity index (χ3v) is 1.69. The first-order chi connectivity index (χ1) is 7.76. The molecular formula is C7H5F3N2O5. The Kier molecular flexibility index (Phi) is 3.36. The molecule has 1 aromatic heterocycles. The second-order valence-corrected chi connectivity index (χ2v) is 2.77. The molecule has 0 aliphatic carbocycles. The molecule has 7 nitrogen and oxygen atoms in total. The molecule has 0 amide bonds. The van der Waals surface area contributed by atoms with E-state index in [4.69, 9.17) is 5.11 Å². The number of aromatic amines is 1. The summed E-state index contributed by atoms with van der Waals surface area (Å²) in [5, 5.41) is 19.2. The minimum Gasteiger partial charge on any atom is -0.398 e. The number of aromatic nitrogens is 1. The van der Waals surface area contributed by atoms with Crippen molar-refractivity contribution in [2.45, 2.75) is 13.0 Å². The van der Waals surface area contributed by atoms with E-state index in [1.165, 1.54) is 0 Å². The number of halogens is 3. The Bertz CT molecular complexity index is 495. The number of nitrogens with zero attached hydrogens (tertiary/aromatic N) is 1. The Hall–Kier alpha value is -2.10. The van der Waals surface area contributed by atoms with E-state index < -0.39 is 40.5 Å². The highest BCUT2D eigenvalue weighted by Crippen LogP contribution is 2.32. The number of alkyl halides is 3. The first-order valence-corrected chi connectivity index (χ1v) is 4.02. The summed E-state index contributed by atoms with van der Waals surface area (Å²) in [6.07, 6.45) is -4.74. The van der Waals surface area contributed by atoms with E-state index in [1.54, 1.807) is 0 Å². The summed E-state index contributed by atoms with van der Waals surface area (Å²) in [4.78, 5) is 22.1. The predicted molar refractivity (Wildman–Crippen MR) is 46.3 cm³/mol. The standard InChI is InChI=1S/C7H5F3N2O5/c8-7(9,10)17-5-3(2-13)6(14)11-1-4(5)12(15)16/h1,13H,2H2,(H,11,14). The average Bonchev–Trinajstić information content (AvgIpc) is 2.15. The number of H-pyrrole nitrogens is 1. The Labute approximate surface area is 90.6 Å². The lowest BCUT2D eigenvalue weighted by molar-refractivity contribution is -0.389. The third kappa shape index (κ3) is 2.93. The molecule has 1 heterocycles. The van der Waals surface area contributed by atoms with Gasteiger partial charge in [-0.05, 0) is 0 Å². The highest BCUT2D eigenvalue weighted by atomic mass is 19.4. The van der Waals surface area contributed by atoms with Crippen LogP contribution >= 0.6 is 0 Å². The van der Waals surface area contributed by atoms with Crippen LogP contribution in [0, 0.1) is 10.1 Å². The fourth-order valence-corrected chi connectivity index (χ4v) is 1.05. The van der Waals surface area contributed by atoms with Gasteiger partial charge in [-0.25, -0.2) is 0 Å². The predicted octanol–water partition coefficient (Wildman–Crippen LogP) is 0.674. The van der Waals surface area contributed by atoms with Crippen LogP contribution in [0.1, 0.15) is 5.56 Å². The van der Waals surface area contributed by atoms with Gasteiger partial charge in [0.05, 0.1) is 23.3 Å². The number of aliphatic hydroxyl groups excluding tert-OH is 1. The van der Waals surface area contributed by atoms with E-state index in [9.17, 15) is 28.1 Å². The molecule has 0 saturated carbocycles. The van der Waals surface area contributed by atoms with Crippen LogP contribution in [0.5, 0.6) is 5.75 Å². The molecule has 17 heavy (non-hydrogen) atoms. The number of ether oxygens (including phenoxy) is 1. The van der Waals surface area contributed by atoms with Crippen LogP contribution in [0.2, 0.25) is 0 Å². The zero-order chi connectivity index (χ0) is 13.2. The van der Waals surface area contributed by atoms with Crippen molar-refractivity contribution >= 4 is 5.69 Å². The molecule has 0 spiro atoms. The summed E-state index contributed by atoms with van der Waals surface area (Å²) < 4.78 is 39.4. The minimum atomic E-state index is -5.21. The van der Waals surface area contributed by atoms with E-state index >= 15 is 0 Å². The number of hydrogen-bond donors (Lipinski definition) is 2. The molecule has 1 aromatic rings. The highest BCUT2D eigenvalue weighted by Gasteiger charge is 2.36. The van der Waals surface area contributed by atoms with Crippen molar-refractivity contribution in [2.75, 3.05) is 0 Å². The maximum Gasteiger partial charge on any atom is 0.573 e. The molecule has 0 atom stereocenters. The summed E-state index contributed by atoms with van der Waals surface area (Å²) in [5.41, 5.74) is -3.06. The van der Waals surface area contributed by atoms with Gasteiger partial charge >= 0.3 is 12.0 Å². The summed E-state index contributed by atoms with van der Waals surface area (Å²) in [6.45, 7) is -1.12. The van der Waals surface area contributed by atoms with Crippen LogP contribution < -0.4 is 10.3 Å². The van der Waals surface area contributed by atoms with Crippen molar-refractivity contribution in [3.05, 3.63) is 32.2 Å². The first kappa shape index (κ1) is 13.0. The molecule has 1 rings (SSSR count). The molecule has 0 fully saturated rings. The van der Waals surface area contributed by atoms with Crippen molar-refractivity contribution in [1.29, 1.82) is 0 Å².